The third-order valence-electron chi connectivity index (χ3n) is 2.58. The number of primary amides is 1. The van der Waals surface area contributed by atoms with Crippen molar-refractivity contribution in [3.8, 4) is 0 Å². The molecule has 0 atom stereocenters. The van der Waals surface area contributed by atoms with E-state index in [4.69, 9.17) is 11.5 Å². The fraction of sp³-hybridized carbons (Fsp3) is 0.0714. The summed E-state index contributed by atoms with van der Waals surface area (Å²) in [7, 11) is 0. The van der Waals surface area contributed by atoms with Crippen molar-refractivity contribution in [2.45, 2.75) is 16.7 Å². The smallest absolute Gasteiger partial charge is 0.249 e. The zero-order valence-corrected chi connectivity index (χ0v) is 10.8. The molecule has 0 aliphatic carbocycles. The van der Waals surface area contributed by atoms with Crippen molar-refractivity contribution < 1.29 is 4.79 Å². The molecule has 0 fully saturated rings. The second kappa shape index (κ2) is 5.14. The SMILES string of the molecule is Cc1ccccc1Sc1ccc(N)cc1C(N)=O. The number of benzene rings is 2. The first-order chi connectivity index (χ1) is 8.58. The molecule has 3 nitrogen and oxygen atoms in total. The Kier molecular flexibility index (Phi) is 3.58. The van der Waals surface area contributed by atoms with Crippen molar-refractivity contribution >= 4 is 23.4 Å². The van der Waals surface area contributed by atoms with E-state index in [2.05, 4.69) is 0 Å². The maximum atomic E-state index is 11.4. The van der Waals surface area contributed by atoms with Gasteiger partial charge in [0.2, 0.25) is 5.91 Å². The molecular weight excluding hydrogens is 244 g/mol. The number of carbonyl (C=O) groups is 1. The van der Waals surface area contributed by atoms with Gasteiger partial charge in [0.05, 0.1) is 5.56 Å². The summed E-state index contributed by atoms with van der Waals surface area (Å²) in [6, 6.07) is 13.2. The van der Waals surface area contributed by atoms with Crippen LogP contribution in [0.1, 0.15) is 15.9 Å². The summed E-state index contributed by atoms with van der Waals surface area (Å²) in [6.45, 7) is 2.03. The van der Waals surface area contributed by atoms with E-state index in [1.165, 1.54) is 11.8 Å². The molecule has 0 aliphatic rings. The summed E-state index contributed by atoms with van der Waals surface area (Å²) < 4.78 is 0. The molecule has 0 aliphatic heterocycles. The Hall–Kier alpha value is -1.94. The highest BCUT2D eigenvalue weighted by Gasteiger charge is 2.10. The highest BCUT2D eigenvalue weighted by atomic mass is 32.2. The summed E-state index contributed by atoms with van der Waals surface area (Å²) in [6.07, 6.45) is 0. The highest BCUT2D eigenvalue weighted by molar-refractivity contribution is 7.99. The second-order valence-corrected chi connectivity index (χ2v) is 5.07. The lowest BCUT2D eigenvalue weighted by Crippen LogP contribution is -2.12. The quantitative estimate of drug-likeness (QED) is 0.832. The Bertz CT molecular complexity index is 596. The van der Waals surface area contributed by atoms with Crippen LogP contribution in [0.4, 0.5) is 5.69 Å². The van der Waals surface area contributed by atoms with Crippen LogP contribution in [0.3, 0.4) is 0 Å². The van der Waals surface area contributed by atoms with Crippen molar-refractivity contribution in [2.24, 2.45) is 5.73 Å². The van der Waals surface area contributed by atoms with Crippen molar-refractivity contribution in [2.75, 3.05) is 5.73 Å². The van der Waals surface area contributed by atoms with E-state index < -0.39 is 5.91 Å². The van der Waals surface area contributed by atoms with Crippen LogP contribution in [0.15, 0.2) is 52.3 Å². The first kappa shape index (κ1) is 12.5. The molecule has 4 N–H and O–H groups in total. The lowest BCUT2D eigenvalue weighted by atomic mass is 10.2. The molecule has 1 amide bonds. The Morgan fingerprint density at radius 1 is 1.11 bits per heavy atom. The van der Waals surface area contributed by atoms with Gasteiger partial charge in [-0.1, -0.05) is 30.0 Å². The molecule has 0 bridgehead atoms. The molecule has 0 radical (unpaired) electrons. The van der Waals surface area contributed by atoms with E-state index in [-0.39, 0.29) is 0 Å². The van der Waals surface area contributed by atoms with Gasteiger partial charge in [0.25, 0.3) is 0 Å². The molecule has 4 heteroatoms. The van der Waals surface area contributed by atoms with Gasteiger partial charge in [-0.25, -0.2) is 0 Å². The Labute approximate surface area is 110 Å². The second-order valence-electron chi connectivity index (χ2n) is 3.99. The summed E-state index contributed by atoms with van der Waals surface area (Å²) >= 11 is 1.52. The zero-order valence-electron chi connectivity index (χ0n) is 10.0. The molecule has 0 saturated heterocycles. The number of carbonyl (C=O) groups excluding carboxylic acids is 1. The molecule has 2 rings (SSSR count). The number of amides is 1. The molecule has 0 unspecified atom stereocenters. The standard InChI is InChI=1S/C14H14N2OS/c1-9-4-2-3-5-12(9)18-13-7-6-10(15)8-11(13)14(16)17/h2-8H,15H2,1H3,(H2,16,17). The maximum absolute atomic E-state index is 11.4. The number of anilines is 1. The van der Waals surface area contributed by atoms with E-state index in [0.717, 1.165) is 15.4 Å². The Morgan fingerprint density at radius 3 is 2.50 bits per heavy atom. The lowest BCUT2D eigenvalue weighted by Gasteiger charge is -2.09. The minimum absolute atomic E-state index is 0.460. The number of nitrogens with two attached hydrogens (primary N) is 2. The average Bonchev–Trinajstić information content (AvgIpc) is 2.34. The van der Waals surface area contributed by atoms with Gasteiger partial charge in [-0.05, 0) is 36.8 Å². The van der Waals surface area contributed by atoms with Gasteiger partial charge in [0.15, 0.2) is 0 Å². The fourth-order valence-corrected chi connectivity index (χ4v) is 2.64. The van der Waals surface area contributed by atoms with Crippen LogP contribution in [0.5, 0.6) is 0 Å². The van der Waals surface area contributed by atoms with Gasteiger partial charge < -0.3 is 11.5 Å². The van der Waals surface area contributed by atoms with E-state index >= 15 is 0 Å². The fourth-order valence-electron chi connectivity index (χ4n) is 1.62. The van der Waals surface area contributed by atoms with Crippen molar-refractivity contribution in [3.05, 3.63) is 53.6 Å². The highest BCUT2D eigenvalue weighted by Crippen LogP contribution is 2.33. The van der Waals surface area contributed by atoms with Crippen LogP contribution in [-0.2, 0) is 0 Å². The number of nitrogen functional groups attached to an aromatic ring is 1. The maximum Gasteiger partial charge on any atom is 0.249 e. The molecule has 2 aromatic carbocycles. The van der Waals surface area contributed by atoms with Crippen molar-refractivity contribution in [3.63, 3.8) is 0 Å². The molecule has 0 saturated carbocycles. The molecule has 0 heterocycles. The van der Waals surface area contributed by atoms with Crippen LogP contribution in [0.2, 0.25) is 0 Å². The van der Waals surface area contributed by atoms with Crippen molar-refractivity contribution in [1.29, 1.82) is 0 Å². The third kappa shape index (κ3) is 2.65. The van der Waals surface area contributed by atoms with E-state index in [0.29, 0.717) is 11.3 Å². The molecule has 0 spiro atoms. The minimum atomic E-state index is -0.460. The van der Waals surface area contributed by atoms with Gasteiger partial charge >= 0.3 is 0 Å². The Balaban J connectivity index is 2.41. The van der Waals surface area contributed by atoms with Gasteiger partial charge in [-0.2, -0.15) is 0 Å². The predicted molar refractivity (Wildman–Crippen MR) is 74.7 cm³/mol. The Morgan fingerprint density at radius 2 is 1.83 bits per heavy atom. The first-order valence-corrected chi connectivity index (χ1v) is 6.32. The third-order valence-corrected chi connectivity index (χ3v) is 3.84. The van der Waals surface area contributed by atoms with Gasteiger partial charge in [-0.15, -0.1) is 0 Å². The largest absolute Gasteiger partial charge is 0.399 e. The summed E-state index contributed by atoms with van der Waals surface area (Å²) in [5.74, 6) is -0.460. The van der Waals surface area contributed by atoms with E-state index in [1.807, 2.05) is 37.3 Å². The number of hydrogen-bond acceptors (Lipinski definition) is 3. The van der Waals surface area contributed by atoms with Crippen LogP contribution in [0, 0.1) is 6.92 Å². The van der Waals surface area contributed by atoms with E-state index in [9.17, 15) is 4.79 Å². The number of hydrogen-bond donors (Lipinski definition) is 2. The normalized spacial score (nSPS) is 10.3. The van der Waals surface area contributed by atoms with Crippen LogP contribution in [-0.4, -0.2) is 5.91 Å². The molecule has 2 aromatic rings. The molecule has 92 valence electrons. The van der Waals surface area contributed by atoms with E-state index in [1.54, 1.807) is 12.1 Å². The number of rotatable bonds is 3. The average molecular weight is 258 g/mol. The van der Waals surface area contributed by atoms with Gasteiger partial charge in [-0.3, -0.25) is 4.79 Å². The van der Waals surface area contributed by atoms with Gasteiger partial charge in [0.1, 0.15) is 0 Å². The summed E-state index contributed by atoms with van der Waals surface area (Å²) in [4.78, 5) is 13.3. The van der Waals surface area contributed by atoms with Crippen LogP contribution < -0.4 is 11.5 Å². The minimum Gasteiger partial charge on any atom is -0.399 e. The lowest BCUT2D eigenvalue weighted by molar-refractivity contribution is 0.0997. The predicted octanol–water partition coefficient (Wildman–Crippen LogP) is 2.83. The molecule has 18 heavy (non-hydrogen) atoms. The van der Waals surface area contributed by atoms with Crippen LogP contribution in [0.25, 0.3) is 0 Å². The number of aryl methyl sites for hydroxylation is 1. The summed E-state index contributed by atoms with van der Waals surface area (Å²) in [5.41, 5.74) is 13.2. The summed E-state index contributed by atoms with van der Waals surface area (Å²) in [5, 5.41) is 0. The topological polar surface area (TPSA) is 69.1 Å². The van der Waals surface area contributed by atoms with Crippen molar-refractivity contribution in [1.82, 2.24) is 0 Å². The molecule has 0 aromatic heterocycles. The van der Waals surface area contributed by atoms with Gasteiger partial charge in [0, 0.05) is 15.5 Å². The molecular formula is C14H14N2OS. The zero-order chi connectivity index (χ0) is 13.1. The monoisotopic (exact) mass is 258 g/mol. The van der Waals surface area contributed by atoms with Crippen LogP contribution >= 0.6 is 11.8 Å². The first-order valence-electron chi connectivity index (χ1n) is 5.51.